The molecule has 6 heteroatoms. The molecule has 2 rings (SSSR count). The summed E-state index contributed by atoms with van der Waals surface area (Å²) in [5, 5.41) is 0.782. The molecule has 0 atom stereocenters. The molecule has 0 saturated carbocycles. The van der Waals surface area contributed by atoms with Gasteiger partial charge in [0.05, 0.1) is 11.3 Å². The smallest absolute Gasteiger partial charge is 0.264 e. The first kappa shape index (κ1) is 14.2. The van der Waals surface area contributed by atoms with E-state index in [-0.39, 0.29) is 11.3 Å². The molecule has 5 nitrogen and oxygen atoms in total. The van der Waals surface area contributed by atoms with E-state index >= 15 is 0 Å². The summed E-state index contributed by atoms with van der Waals surface area (Å²) in [5.74, 6) is -0.957. The predicted octanol–water partition coefficient (Wildman–Crippen LogP) is 1.79. The molecule has 20 heavy (non-hydrogen) atoms. The van der Waals surface area contributed by atoms with Crippen LogP contribution >= 0.6 is 0 Å². The Balaban J connectivity index is 2.31. The number of aromatic nitrogens is 1. The summed E-state index contributed by atoms with van der Waals surface area (Å²) in [6.45, 7) is 5.21. The Morgan fingerprint density at radius 3 is 2.80 bits per heavy atom. The zero-order valence-corrected chi connectivity index (χ0v) is 11.8. The van der Waals surface area contributed by atoms with Crippen LogP contribution in [0.5, 0.6) is 0 Å². The number of nitrogens with zero attached hydrogens (tertiary/aromatic N) is 1. The molecule has 1 aromatic carbocycles. The third-order valence-corrected chi connectivity index (χ3v) is 3.85. The normalized spacial score (nSPS) is 11.2. The van der Waals surface area contributed by atoms with Gasteiger partial charge in [-0.1, -0.05) is 12.1 Å². The Morgan fingerprint density at radius 1 is 1.35 bits per heavy atom. The number of hydrogen-bond donors (Lipinski definition) is 1. The van der Waals surface area contributed by atoms with E-state index in [0.717, 1.165) is 16.6 Å². The standard InChI is InChI=1S/C14H14N2O3S/c1-3-8-20(18,19)16-14(17)12-6-7-13-11(9-12)5-4-10(2)15-13/h3-7,9H,1,8H2,2H3,(H,16,17). The largest absolute Gasteiger partial charge is 0.268 e. The van der Waals surface area contributed by atoms with Crippen LogP contribution in [0.1, 0.15) is 16.1 Å². The van der Waals surface area contributed by atoms with Crippen molar-refractivity contribution in [3.63, 3.8) is 0 Å². The van der Waals surface area contributed by atoms with Crippen molar-refractivity contribution in [2.75, 3.05) is 5.75 Å². The van der Waals surface area contributed by atoms with Gasteiger partial charge in [0.25, 0.3) is 5.91 Å². The molecule has 2 aromatic rings. The number of hydrogen-bond acceptors (Lipinski definition) is 4. The predicted molar refractivity (Wildman–Crippen MR) is 77.9 cm³/mol. The van der Waals surface area contributed by atoms with Gasteiger partial charge in [0.15, 0.2) is 0 Å². The van der Waals surface area contributed by atoms with Crippen LogP contribution in [0.3, 0.4) is 0 Å². The molecule has 1 N–H and O–H groups in total. The lowest BCUT2D eigenvalue weighted by Gasteiger charge is -2.06. The molecular formula is C14H14N2O3S. The van der Waals surface area contributed by atoms with Gasteiger partial charge in [-0.05, 0) is 31.2 Å². The first-order valence-electron chi connectivity index (χ1n) is 5.94. The van der Waals surface area contributed by atoms with Crippen LogP contribution < -0.4 is 4.72 Å². The molecule has 0 bridgehead atoms. The maximum Gasteiger partial charge on any atom is 0.264 e. The lowest BCUT2D eigenvalue weighted by atomic mass is 10.1. The molecule has 104 valence electrons. The molecule has 0 fully saturated rings. The van der Waals surface area contributed by atoms with Crippen molar-refractivity contribution >= 4 is 26.8 Å². The Kier molecular flexibility index (Phi) is 3.85. The zero-order valence-electron chi connectivity index (χ0n) is 11.0. The molecular weight excluding hydrogens is 276 g/mol. The van der Waals surface area contributed by atoms with E-state index in [1.807, 2.05) is 23.8 Å². The first-order valence-corrected chi connectivity index (χ1v) is 7.59. The average Bonchev–Trinajstić information content (AvgIpc) is 2.37. The van der Waals surface area contributed by atoms with Crippen LogP contribution in [-0.4, -0.2) is 25.1 Å². The Morgan fingerprint density at radius 2 is 2.10 bits per heavy atom. The topological polar surface area (TPSA) is 76.1 Å². The zero-order chi connectivity index (χ0) is 14.8. The van der Waals surface area contributed by atoms with E-state index in [4.69, 9.17) is 0 Å². The highest BCUT2D eigenvalue weighted by Gasteiger charge is 2.14. The molecule has 1 amide bonds. The van der Waals surface area contributed by atoms with Gasteiger partial charge in [-0.25, -0.2) is 13.1 Å². The van der Waals surface area contributed by atoms with Crippen molar-refractivity contribution in [2.24, 2.45) is 0 Å². The monoisotopic (exact) mass is 290 g/mol. The Labute approximate surface area is 117 Å². The lowest BCUT2D eigenvalue weighted by Crippen LogP contribution is -2.31. The number of carbonyl (C=O) groups is 1. The van der Waals surface area contributed by atoms with Gasteiger partial charge in [0.2, 0.25) is 10.0 Å². The van der Waals surface area contributed by atoms with E-state index < -0.39 is 15.9 Å². The van der Waals surface area contributed by atoms with Crippen molar-refractivity contribution < 1.29 is 13.2 Å². The molecule has 1 aromatic heterocycles. The summed E-state index contributed by atoms with van der Waals surface area (Å²) in [4.78, 5) is 16.2. The number of pyridine rings is 1. The molecule has 0 spiro atoms. The molecule has 0 aliphatic rings. The van der Waals surface area contributed by atoms with Gasteiger partial charge in [0.1, 0.15) is 0 Å². The number of fused-ring (bicyclic) bond motifs is 1. The SMILES string of the molecule is C=CCS(=O)(=O)NC(=O)c1ccc2nc(C)ccc2c1. The summed E-state index contributed by atoms with van der Waals surface area (Å²) < 4.78 is 25.0. The lowest BCUT2D eigenvalue weighted by molar-refractivity contribution is 0.0981. The highest BCUT2D eigenvalue weighted by molar-refractivity contribution is 7.90. The fourth-order valence-corrected chi connectivity index (χ4v) is 2.56. The van der Waals surface area contributed by atoms with Gasteiger partial charge < -0.3 is 0 Å². The second kappa shape index (κ2) is 5.42. The Bertz CT molecular complexity index is 782. The van der Waals surface area contributed by atoms with E-state index in [1.165, 1.54) is 6.08 Å². The minimum atomic E-state index is -3.67. The Hall–Kier alpha value is -2.21. The minimum Gasteiger partial charge on any atom is -0.268 e. The molecule has 0 aliphatic carbocycles. The van der Waals surface area contributed by atoms with Crippen molar-refractivity contribution in [1.82, 2.24) is 9.71 Å². The van der Waals surface area contributed by atoms with Crippen LogP contribution in [0.4, 0.5) is 0 Å². The highest BCUT2D eigenvalue weighted by Crippen LogP contribution is 2.15. The highest BCUT2D eigenvalue weighted by atomic mass is 32.2. The average molecular weight is 290 g/mol. The van der Waals surface area contributed by atoms with Gasteiger partial charge in [-0.3, -0.25) is 9.78 Å². The van der Waals surface area contributed by atoms with E-state index in [2.05, 4.69) is 11.6 Å². The summed E-state index contributed by atoms with van der Waals surface area (Å²) in [6.07, 6.45) is 1.22. The molecule has 0 saturated heterocycles. The maximum absolute atomic E-state index is 11.9. The van der Waals surface area contributed by atoms with Crippen LogP contribution in [-0.2, 0) is 10.0 Å². The third-order valence-electron chi connectivity index (χ3n) is 2.68. The van der Waals surface area contributed by atoms with E-state index in [0.29, 0.717) is 0 Å². The second-order valence-corrected chi connectivity index (χ2v) is 6.13. The molecule has 0 aliphatic heterocycles. The quantitative estimate of drug-likeness (QED) is 0.871. The number of nitrogens with one attached hydrogen (secondary N) is 1. The number of sulfonamides is 1. The molecule has 1 heterocycles. The number of aryl methyl sites for hydroxylation is 1. The van der Waals surface area contributed by atoms with Crippen LogP contribution in [0.2, 0.25) is 0 Å². The molecule has 0 unspecified atom stereocenters. The van der Waals surface area contributed by atoms with Crippen molar-refractivity contribution in [3.05, 3.63) is 54.2 Å². The number of amides is 1. The van der Waals surface area contributed by atoms with Crippen molar-refractivity contribution in [1.29, 1.82) is 0 Å². The summed E-state index contributed by atoms with van der Waals surface area (Å²) >= 11 is 0. The summed E-state index contributed by atoms with van der Waals surface area (Å²) in [5.41, 5.74) is 1.91. The van der Waals surface area contributed by atoms with Gasteiger partial charge in [-0.15, -0.1) is 6.58 Å². The maximum atomic E-state index is 11.9. The van der Waals surface area contributed by atoms with Crippen LogP contribution in [0.15, 0.2) is 43.0 Å². The van der Waals surface area contributed by atoms with Crippen molar-refractivity contribution in [3.8, 4) is 0 Å². The van der Waals surface area contributed by atoms with Crippen LogP contribution in [0, 0.1) is 6.92 Å². The minimum absolute atomic E-state index is 0.274. The van der Waals surface area contributed by atoms with Crippen LogP contribution in [0.25, 0.3) is 10.9 Å². The van der Waals surface area contributed by atoms with Gasteiger partial charge in [-0.2, -0.15) is 0 Å². The van der Waals surface area contributed by atoms with E-state index in [9.17, 15) is 13.2 Å². The first-order chi connectivity index (χ1) is 9.41. The summed E-state index contributed by atoms with van der Waals surface area (Å²) in [6, 6.07) is 8.52. The fraction of sp³-hybridized carbons (Fsp3) is 0.143. The van der Waals surface area contributed by atoms with Gasteiger partial charge >= 0.3 is 0 Å². The number of carbonyl (C=O) groups excluding carboxylic acids is 1. The fourth-order valence-electron chi connectivity index (χ4n) is 1.77. The third kappa shape index (κ3) is 3.21. The molecule has 0 radical (unpaired) electrons. The number of benzene rings is 1. The van der Waals surface area contributed by atoms with Gasteiger partial charge in [0, 0.05) is 16.6 Å². The van der Waals surface area contributed by atoms with Crippen molar-refractivity contribution in [2.45, 2.75) is 6.92 Å². The number of rotatable bonds is 4. The summed E-state index contributed by atoms with van der Waals surface area (Å²) in [7, 11) is -3.67. The van der Waals surface area contributed by atoms with E-state index in [1.54, 1.807) is 18.2 Å². The second-order valence-electron chi connectivity index (χ2n) is 4.36.